The summed E-state index contributed by atoms with van der Waals surface area (Å²) in [4.78, 5) is 0. The smallest absolute Gasteiger partial charge is 0.229 e. The third kappa shape index (κ3) is 8.18. The van der Waals surface area contributed by atoms with E-state index in [1.165, 1.54) is 40.6 Å². The topological polar surface area (TPSA) is 203 Å². The van der Waals surface area contributed by atoms with Crippen LogP contribution in [0.3, 0.4) is 0 Å². The van der Waals surface area contributed by atoms with E-state index in [0.29, 0.717) is 34.3 Å². The quantitative estimate of drug-likeness (QED) is 0.141. The summed E-state index contributed by atoms with van der Waals surface area (Å²) in [5.41, 5.74) is 2.00. The average molecular weight is 791 g/mol. The van der Waals surface area contributed by atoms with Gasteiger partial charge in [-0.15, -0.1) is 0 Å². The first kappa shape index (κ1) is 42.7. The first-order chi connectivity index (χ1) is 26.8. The fourth-order valence-electron chi connectivity index (χ4n) is 7.16. The van der Waals surface area contributed by atoms with Gasteiger partial charge >= 0.3 is 0 Å². The van der Waals surface area contributed by atoms with E-state index in [9.17, 15) is 25.5 Å². The van der Waals surface area contributed by atoms with Gasteiger partial charge < -0.3 is 77.6 Å². The molecule has 0 unspecified atom stereocenters. The highest BCUT2D eigenvalue weighted by molar-refractivity contribution is 5.57. The summed E-state index contributed by atoms with van der Waals surface area (Å²) < 4.78 is 63.9. The average Bonchev–Trinajstić information content (AvgIpc) is 3.52. The van der Waals surface area contributed by atoms with Crippen molar-refractivity contribution in [1.29, 1.82) is 0 Å². The first-order valence-corrected chi connectivity index (χ1v) is 18.1. The molecule has 3 aromatic carbocycles. The third-order valence-electron chi connectivity index (χ3n) is 10.6. The lowest BCUT2D eigenvalue weighted by Gasteiger charge is -2.39. The highest BCUT2D eigenvalue weighted by atomic mass is 16.7. The van der Waals surface area contributed by atoms with Crippen molar-refractivity contribution in [2.24, 2.45) is 11.8 Å². The molecule has 2 aliphatic heterocycles. The summed E-state index contributed by atoms with van der Waals surface area (Å²) in [5.74, 6) is 2.85. The first-order valence-electron chi connectivity index (χ1n) is 18.1. The predicted molar refractivity (Wildman–Crippen MR) is 200 cm³/mol. The van der Waals surface area contributed by atoms with Gasteiger partial charge in [-0.2, -0.15) is 0 Å². The lowest BCUT2D eigenvalue weighted by atomic mass is 9.85. The Kier molecular flexibility index (Phi) is 13.9. The lowest BCUT2D eigenvalue weighted by Crippen LogP contribution is -2.60. The van der Waals surface area contributed by atoms with Crippen LogP contribution in [-0.2, 0) is 9.47 Å². The molecule has 0 aromatic heterocycles. The Morgan fingerprint density at radius 3 is 1.41 bits per heavy atom. The van der Waals surface area contributed by atoms with E-state index in [1.807, 2.05) is 24.3 Å². The van der Waals surface area contributed by atoms with Crippen LogP contribution < -0.4 is 42.6 Å². The van der Waals surface area contributed by atoms with Crippen LogP contribution in [0.1, 0.15) is 55.8 Å². The maximum absolute atomic E-state index is 11.6. The molecule has 0 radical (unpaired) electrons. The fourth-order valence-corrected chi connectivity index (χ4v) is 7.16. The molecule has 56 heavy (non-hydrogen) atoms. The number of hydrogen-bond donors (Lipinski definition) is 5. The molecule has 3 aromatic rings. The van der Waals surface area contributed by atoms with Crippen molar-refractivity contribution in [3.05, 3.63) is 53.1 Å². The number of benzene rings is 3. The van der Waals surface area contributed by atoms with E-state index >= 15 is 0 Å². The van der Waals surface area contributed by atoms with Crippen LogP contribution in [0.4, 0.5) is 0 Å². The van der Waals surface area contributed by atoms with Gasteiger partial charge in [-0.3, -0.25) is 0 Å². The summed E-state index contributed by atoms with van der Waals surface area (Å²) in [6, 6.07) is 10.4. The zero-order valence-electron chi connectivity index (χ0n) is 33.2. The molecule has 0 amide bonds. The number of aliphatic hydroxyl groups is 5. The second-order valence-electron chi connectivity index (χ2n) is 13.7. The van der Waals surface area contributed by atoms with Gasteiger partial charge in [0.15, 0.2) is 34.5 Å². The Labute approximate surface area is 326 Å². The van der Waals surface area contributed by atoms with Gasteiger partial charge in [0.05, 0.1) is 68.6 Å². The van der Waals surface area contributed by atoms with E-state index in [0.717, 1.165) is 11.1 Å². The number of rotatable bonds is 16. The van der Waals surface area contributed by atoms with Gasteiger partial charge in [0.1, 0.15) is 36.6 Å². The van der Waals surface area contributed by atoms with Gasteiger partial charge in [0.2, 0.25) is 23.5 Å². The normalized spacial score (nSPS) is 27.2. The van der Waals surface area contributed by atoms with Crippen LogP contribution in [0.2, 0.25) is 0 Å². The minimum absolute atomic E-state index is 0.0204. The van der Waals surface area contributed by atoms with E-state index in [-0.39, 0.29) is 47.0 Å². The minimum atomic E-state index is -1.67. The number of aliphatic hydroxyl groups excluding tert-OH is 5. The molecule has 11 atom stereocenters. The molecule has 310 valence electrons. The van der Waals surface area contributed by atoms with Crippen molar-refractivity contribution >= 4 is 0 Å². The van der Waals surface area contributed by atoms with Crippen molar-refractivity contribution in [2.45, 2.75) is 75.9 Å². The van der Waals surface area contributed by atoms with Gasteiger partial charge in [-0.1, -0.05) is 13.8 Å². The molecule has 2 aliphatic rings. The molecular weight excluding hydrogens is 736 g/mol. The van der Waals surface area contributed by atoms with Crippen LogP contribution in [0.25, 0.3) is 0 Å². The van der Waals surface area contributed by atoms with Crippen LogP contribution in [0, 0.1) is 11.8 Å². The molecule has 5 rings (SSSR count). The lowest BCUT2D eigenvalue weighted by molar-refractivity contribution is -0.277. The summed E-state index contributed by atoms with van der Waals surface area (Å²) >= 11 is 0. The Hall–Kier alpha value is -4.42. The van der Waals surface area contributed by atoms with Gasteiger partial charge in [-0.05, 0) is 71.8 Å². The summed E-state index contributed by atoms with van der Waals surface area (Å²) in [6.07, 6.45) is -10.4. The van der Waals surface area contributed by atoms with Crippen LogP contribution in [0.5, 0.6) is 51.7 Å². The largest absolute Gasteiger partial charge is 0.493 e. The highest BCUT2D eigenvalue weighted by Crippen LogP contribution is 2.53. The Bertz CT molecular complexity index is 1710. The summed E-state index contributed by atoms with van der Waals surface area (Å²) in [5, 5.41) is 52.1. The molecule has 5 N–H and O–H groups in total. The van der Waals surface area contributed by atoms with E-state index < -0.39 is 49.5 Å². The fraction of sp³-hybridized carbons (Fsp3) is 0.550. The van der Waals surface area contributed by atoms with Crippen molar-refractivity contribution in [3.63, 3.8) is 0 Å². The van der Waals surface area contributed by atoms with Crippen LogP contribution >= 0.6 is 0 Å². The standard InChI is InChI=1S/C40H54O16/c1-18-19(2)36(55-35(18)22-13-24(46-4)37(52-10)25(14-22)47-5)23-15-28(50-8)38(29(16-23)51-9)53-20(3)31(42)21-11-26(48-6)39(27(12-21)49-7)56-40-34(45)33(44)32(43)30(17-41)54-40/h11-16,18-20,30-36,40-45H,17H2,1-10H3/t18-,19-,20+,30+,31+,32+,33-,34+,35+,36-,40-/m0/s1. The maximum atomic E-state index is 11.6. The van der Waals surface area contributed by atoms with E-state index in [1.54, 1.807) is 28.3 Å². The molecule has 0 spiro atoms. The monoisotopic (exact) mass is 790 g/mol. The van der Waals surface area contributed by atoms with Crippen molar-refractivity contribution in [3.8, 4) is 51.7 Å². The van der Waals surface area contributed by atoms with Crippen LogP contribution in [-0.4, -0.2) is 119 Å². The second-order valence-corrected chi connectivity index (χ2v) is 13.7. The molecule has 0 bridgehead atoms. The number of ether oxygens (including phenoxy) is 11. The molecule has 0 aliphatic carbocycles. The summed E-state index contributed by atoms with van der Waals surface area (Å²) in [7, 11) is 10.5. The highest BCUT2D eigenvalue weighted by Gasteiger charge is 2.46. The maximum Gasteiger partial charge on any atom is 0.229 e. The molecule has 16 nitrogen and oxygen atoms in total. The molecule has 2 heterocycles. The van der Waals surface area contributed by atoms with E-state index in [2.05, 4.69) is 13.8 Å². The molecule has 2 saturated heterocycles. The van der Waals surface area contributed by atoms with Crippen molar-refractivity contribution < 1.29 is 77.6 Å². The van der Waals surface area contributed by atoms with Crippen molar-refractivity contribution in [1.82, 2.24) is 0 Å². The zero-order chi connectivity index (χ0) is 41.0. The third-order valence-corrected chi connectivity index (χ3v) is 10.6. The van der Waals surface area contributed by atoms with Gasteiger partial charge in [-0.25, -0.2) is 0 Å². The minimum Gasteiger partial charge on any atom is -0.493 e. The Morgan fingerprint density at radius 1 is 0.571 bits per heavy atom. The Morgan fingerprint density at radius 2 is 1.00 bits per heavy atom. The van der Waals surface area contributed by atoms with Gasteiger partial charge in [0.25, 0.3) is 0 Å². The predicted octanol–water partition coefficient (Wildman–Crippen LogP) is 3.51. The molecular formula is C40H54O16. The summed E-state index contributed by atoms with van der Waals surface area (Å²) in [6.45, 7) is 5.29. The number of hydrogen-bond acceptors (Lipinski definition) is 16. The second kappa shape index (κ2) is 18.2. The van der Waals surface area contributed by atoms with Crippen LogP contribution in [0.15, 0.2) is 36.4 Å². The van der Waals surface area contributed by atoms with E-state index in [4.69, 9.17) is 52.1 Å². The molecule has 0 saturated carbocycles. The molecule has 16 heteroatoms. The Balaban J connectivity index is 1.39. The number of methoxy groups -OCH3 is 7. The zero-order valence-corrected chi connectivity index (χ0v) is 33.2. The van der Waals surface area contributed by atoms with Crippen molar-refractivity contribution in [2.75, 3.05) is 56.4 Å². The molecule has 2 fully saturated rings. The van der Waals surface area contributed by atoms with Gasteiger partial charge in [0, 0.05) is 0 Å². The SMILES string of the molecule is COc1cc([C@@H]2O[C@H](c3cc(OC)c(O[C@H](C)[C@@H](O)c4cc(OC)c(O[C@@H]5O[C@H](CO)[C@@H](O)[C@H](O)[C@H]5O)c(OC)c4)c(OC)c3)[C@@H](C)[C@@H]2C)cc(OC)c1OC.